The number of hydrogen-bond donors (Lipinski definition) is 1. The lowest BCUT2D eigenvalue weighted by molar-refractivity contribution is -0.384. The van der Waals surface area contributed by atoms with E-state index in [-0.39, 0.29) is 30.5 Å². The van der Waals surface area contributed by atoms with Gasteiger partial charge in [0.25, 0.3) is 5.69 Å². The highest BCUT2D eigenvalue weighted by molar-refractivity contribution is 6.31. The fourth-order valence-corrected chi connectivity index (χ4v) is 2.36. The van der Waals surface area contributed by atoms with Crippen molar-refractivity contribution in [3.63, 3.8) is 0 Å². The molecule has 0 aliphatic heterocycles. The highest BCUT2D eigenvalue weighted by Gasteiger charge is 2.30. The third-order valence-electron chi connectivity index (χ3n) is 3.25. The molecule has 22 heavy (non-hydrogen) atoms. The lowest BCUT2D eigenvalue weighted by Gasteiger charge is -2.29. The molecule has 8 heteroatoms. The lowest BCUT2D eigenvalue weighted by atomic mass is 9.95. The first-order chi connectivity index (χ1) is 9.69. The molecular formula is C14H21Cl2N3O3. The number of nitrogens with zero attached hydrogens (tertiary/aromatic N) is 2. The molecule has 0 heterocycles. The van der Waals surface area contributed by atoms with Crippen LogP contribution in [-0.4, -0.2) is 28.3 Å². The second kappa shape index (κ2) is 8.31. The molecule has 1 rings (SSSR count). The fraction of sp³-hybridized carbons (Fsp3) is 0.500. The fourth-order valence-electron chi connectivity index (χ4n) is 2.19. The van der Waals surface area contributed by atoms with Crippen LogP contribution in [0.3, 0.4) is 0 Å². The van der Waals surface area contributed by atoms with Crippen molar-refractivity contribution in [1.29, 1.82) is 0 Å². The van der Waals surface area contributed by atoms with Gasteiger partial charge in [-0.05, 0) is 25.0 Å². The van der Waals surface area contributed by atoms with E-state index >= 15 is 0 Å². The Morgan fingerprint density at radius 1 is 1.50 bits per heavy atom. The highest BCUT2D eigenvalue weighted by Crippen LogP contribution is 2.24. The van der Waals surface area contributed by atoms with Crippen LogP contribution in [0.15, 0.2) is 18.2 Å². The number of likely N-dealkylation sites (N-methyl/N-ethyl adjacent to an activating group) is 1. The van der Waals surface area contributed by atoms with Crippen molar-refractivity contribution in [2.75, 3.05) is 7.05 Å². The maximum Gasteiger partial charge on any atom is 0.269 e. The summed E-state index contributed by atoms with van der Waals surface area (Å²) in [6.45, 7) is 3.82. The summed E-state index contributed by atoms with van der Waals surface area (Å²) < 4.78 is 0. The van der Waals surface area contributed by atoms with Gasteiger partial charge in [0.1, 0.15) is 0 Å². The van der Waals surface area contributed by atoms with Crippen LogP contribution in [0.5, 0.6) is 0 Å². The van der Waals surface area contributed by atoms with Gasteiger partial charge in [0, 0.05) is 30.7 Å². The van der Waals surface area contributed by atoms with Gasteiger partial charge in [-0.3, -0.25) is 14.9 Å². The average molecular weight is 350 g/mol. The summed E-state index contributed by atoms with van der Waals surface area (Å²) in [6, 6.07) is 4.17. The summed E-state index contributed by atoms with van der Waals surface area (Å²) in [5.74, 6) is -0.216. The minimum atomic E-state index is -0.948. The molecule has 6 nitrogen and oxygen atoms in total. The van der Waals surface area contributed by atoms with Gasteiger partial charge in [-0.15, -0.1) is 12.4 Å². The summed E-state index contributed by atoms with van der Waals surface area (Å²) in [7, 11) is 1.61. The van der Waals surface area contributed by atoms with E-state index in [4.69, 9.17) is 17.3 Å². The second-order valence-electron chi connectivity index (χ2n) is 5.36. The van der Waals surface area contributed by atoms with Gasteiger partial charge in [0.05, 0.1) is 10.5 Å². The maximum atomic E-state index is 12.3. The largest absolute Gasteiger partial charge is 0.340 e. The summed E-state index contributed by atoms with van der Waals surface area (Å²) in [5, 5.41) is 11.2. The minimum Gasteiger partial charge on any atom is -0.340 e. The number of nitro groups is 1. The van der Waals surface area contributed by atoms with Crippen LogP contribution in [0, 0.1) is 10.1 Å². The molecule has 0 fully saturated rings. The van der Waals surface area contributed by atoms with Gasteiger partial charge < -0.3 is 10.6 Å². The van der Waals surface area contributed by atoms with E-state index < -0.39 is 10.5 Å². The van der Waals surface area contributed by atoms with Crippen LogP contribution in [0.4, 0.5) is 5.69 Å². The van der Waals surface area contributed by atoms with Crippen molar-refractivity contribution >= 4 is 35.6 Å². The van der Waals surface area contributed by atoms with Gasteiger partial charge >= 0.3 is 0 Å². The monoisotopic (exact) mass is 349 g/mol. The van der Waals surface area contributed by atoms with Crippen molar-refractivity contribution in [1.82, 2.24) is 4.90 Å². The molecule has 2 N–H and O–H groups in total. The van der Waals surface area contributed by atoms with E-state index in [1.165, 1.54) is 23.1 Å². The summed E-state index contributed by atoms with van der Waals surface area (Å²) in [4.78, 5) is 24.1. The van der Waals surface area contributed by atoms with E-state index in [1.807, 2.05) is 6.92 Å². The maximum absolute atomic E-state index is 12.3. The van der Waals surface area contributed by atoms with Crippen LogP contribution < -0.4 is 5.73 Å². The molecule has 1 amide bonds. The molecule has 0 spiro atoms. The lowest BCUT2D eigenvalue weighted by Crippen LogP contribution is -2.51. The number of halogens is 2. The Bertz CT molecular complexity index is 550. The molecule has 1 aromatic rings. The first-order valence-corrected chi connectivity index (χ1v) is 7.04. The predicted molar refractivity (Wildman–Crippen MR) is 89.3 cm³/mol. The third kappa shape index (κ3) is 5.12. The first kappa shape index (κ1) is 20.6. The van der Waals surface area contributed by atoms with Gasteiger partial charge in [-0.25, -0.2) is 0 Å². The van der Waals surface area contributed by atoms with Crippen LogP contribution >= 0.6 is 24.0 Å². The van der Waals surface area contributed by atoms with Crippen LogP contribution in [0.25, 0.3) is 0 Å². The number of amides is 1. The number of hydrogen-bond acceptors (Lipinski definition) is 4. The average Bonchev–Trinajstić information content (AvgIpc) is 2.39. The Hall–Kier alpha value is -1.37. The molecule has 0 bridgehead atoms. The zero-order chi connectivity index (χ0) is 16.2. The molecule has 1 unspecified atom stereocenters. The number of nitro benzene ring substituents is 1. The molecule has 0 aliphatic carbocycles. The minimum absolute atomic E-state index is 0. The topological polar surface area (TPSA) is 89.5 Å². The molecular weight excluding hydrogens is 329 g/mol. The third-order valence-corrected chi connectivity index (χ3v) is 3.62. The van der Waals surface area contributed by atoms with E-state index in [9.17, 15) is 14.9 Å². The van der Waals surface area contributed by atoms with Gasteiger partial charge in [0.2, 0.25) is 5.91 Å². The Balaban J connectivity index is 0.00000441. The molecule has 0 aliphatic rings. The van der Waals surface area contributed by atoms with Gasteiger partial charge in [0.15, 0.2) is 0 Å². The number of rotatable bonds is 6. The van der Waals surface area contributed by atoms with Crippen molar-refractivity contribution in [2.24, 2.45) is 5.73 Å². The number of nitrogens with two attached hydrogens (primary N) is 1. The van der Waals surface area contributed by atoms with Crippen molar-refractivity contribution in [3.8, 4) is 0 Å². The molecule has 0 aromatic heterocycles. The van der Waals surface area contributed by atoms with E-state index in [0.29, 0.717) is 17.0 Å². The van der Waals surface area contributed by atoms with E-state index in [1.54, 1.807) is 14.0 Å². The smallest absolute Gasteiger partial charge is 0.269 e. The molecule has 1 atom stereocenters. The number of non-ortho nitro benzene ring substituents is 1. The van der Waals surface area contributed by atoms with Crippen molar-refractivity contribution in [2.45, 2.75) is 38.8 Å². The Morgan fingerprint density at radius 3 is 2.59 bits per heavy atom. The number of carbonyl (C=O) groups excluding carboxylic acids is 1. The van der Waals surface area contributed by atoms with E-state index in [2.05, 4.69) is 0 Å². The SMILES string of the molecule is CCCC(C)(N)C(=O)N(C)Cc1cc([N+](=O)[O-])ccc1Cl.Cl. The Labute approximate surface area is 141 Å². The molecule has 124 valence electrons. The van der Waals surface area contributed by atoms with Gasteiger partial charge in [-0.1, -0.05) is 24.9 Å². The normalized spacial score (nSPS) is 13.0. The summed E-state index contributed by atoms with van der Waals surface area (Å²) in [6.07, 6.45) is 1.36. The predicted octanol–water partition coefficient (Wildman–Crippen LogP) is 3.15. The standard InChI is InChI=1S/C14H20ClN3O3.ClH/c1-4-7-14(2,16)13(19)17(3)9-10-8-11(18(20)21)5-6-12(10)15;/h5-6,8H,4,7,9,16H2,1-3H3;1H. The van der Waals surface area contributed by atoms with Crippen molar-refractivity contribution < 1.29 is 9.72 Å². The van der Waals surface area contributed by atoms with Crippen molar-refractivity contribution in [3.05, 3.63) is 38.9 Å². The summed E-state index contributed by atoms with van der Waals surface area (Å²) >= 11 is 6.03. The van der Waals surface area contributed by atoms with Gasteiger partial charge in [-0.2, -0.15) is 0 Å². The number of benzene rings is 1. The first-order valence-electron chi connectivity index (χ1n) is 6.66. The second-order valence-corrected chi connectivity index (χ2v) is 5.77. The number of carbonyl (C=O) groups is 1. The molecule has 1 aromatic carbocycles. The van der Waals surface area contributed by atoms with Crippen LogP contribution in [0.2, 0.25) is 5.02 Å². The highest BCUT2D eigenvalue weighted by atomic mass is 35.5. The zero-order valence-corrected chi connectivity index (χ0v) is 14.4. The molecule has 0 saturated carbocycles. The van der Waals surface area contributed by atoms with Crippen LogP contribution in [0.1, 0.15) is 32.3 Å². The van der Waals surface area contributed by atoms with Crippen LogP contribution in [-0.2, 0) is 11.3 Å². The molecule has 0 radical (unpaired) electrons. The summed E-state index contributed by atoms with van der Waals surface area (Å²) in [5.41, 5.74) is 5.53. The zero-order valence-electron chi connectivity index (χ0n) is 12.8. The Kier molecular flexibility index (Phi) is 7.79. The Morgan fingerprint density at radius 2 is 2.09 bits per heavy atom. The van der Waals surface area contributed by atoms with E-state index in [0.717, 1.165) is 6.42 Å². The molecule has 0 saturated heterocycles. The quantitative estimate of drug-likeness (QED) is 0.630.